The molecular formula is C22H21N3O5S. The van der Waals surface area contributed by atoms with Crippen LogP contribution in [-0.4, -0.2) is 34.4 Å². The lowest BCUT2D eigenvalue weighted by atomic mass is 10.1. The number of carbonyl (C=O) groups is 1. The van der Waals surface area contributed by atoms with Gasteiger partial charge < -0.3 is 9.47 Å². The quantitative estimate of drug-likeness (QED) is 0.298. The Morgan fingerprint density at radius 1 is 1.10 bits per heavy atom. The molecular weight excluding hydrogens is 418 g/mol. The van der Waals surface area contributed by atoms with E-state index in [1.807, 2.05) is 0 Å². The van der Waals surface area contributed by atoms with Crippen molar-refractivity contribution < 1.29 is 23.7 Å². The number of ether oxygens (including phenoxy) is 2. The van der Waals surface area contributed by atoms with E-state index in [-0.39, 0.29) is 11.5 Å². The summed E-state index contributed by atoms with van der Waals surface area (Å²) >= 11 is -1.97. The van der Waals surface area contributed by atoms with Gasteiger partial charge in [0.05, 0.1) is 19.9 Å². The Bertz CT molecular complexity index is 1090. The van der Waals surface area contributed by atoms with Gasteiger partial charge in [-0.2, -0.15) is 4.47 Å². The van der Waals surface area contributed by atoms with Crippen LogP contribution in [0.25, 0.3) is 6.08 Å². The van der Waals surface area contributed by atoms with E-state index in [1.165, 1.54) is 36.5 Å². The summed E-state index contributed by atoms with van der Waals surface area (Å²) in [6.07, 6.45) is 4.62. The van der Waals surface area contributed by atoms with Crippen molar-refractivity contribution in [3.8, 4) is 11.5 Å². The average Bonchev–Trinajstić information content (AvgIpc) is 2.82. The zero-order chi connectivity index (χ0) is 22.2. The first kappa shape index (κ1) is 22.0. The minimum absolute atomic E-state index is 0.235. The lowest BCUT2D eigenvalue weighted by molar-refractivity contribution is 0.104. The summed E-state index contributed by atoms with van der Waals surface area (Å²) < 4.78 is 25.8. The van der Waals surface area contributed by atoms with E-state index in [0.717, 1.165) is 5.56 Å². The molecule has 0 amide bonds. The summed E-state index contributed by atoms with van der Waals surface area (Å²) in [6.45, 7) is 0. The molecule has 0 bridgehead atoms. The van der Waals surface area contributed by atoms with Gasteiger partial charge in [0.15, 0.2) is 5.78 Å². The molecule has 1 heterocycles. The molecule has 0 aliphatic heterocycles. The number of hydrogen-bond acceptors (Lipinski definition) is 6. The predicted molar refractivity (Wildman–Crippen MR) is 120 cm³/mol. The highest BCUT2D eigenvalue weighted by molar-refractivity contribution is 7.87. The van der Waals surface area contributed by atoms with Crippen molar-refractivity contribution in [1.82, 2.24) is 4.98 Å². The second-order valence-corrected chi connectivity index (χ2v) is 7.24. The van der Waals surface area contributed by atoms with E-state index in [4.69, 9.17) is 9.47 Å². The maximum Gasteiger partial charge on any atom is 0.248 e. The number of pyridine rings is 1. The topological polar surface area (TPSA) is 101 Å². The van der Waals surface area contributed by atoms with Crippen molar-refractivity contribution in [2.45, 2.75) is 0 Å². The first-order chi connectivity index (χ1) is 15.0. The SMILES string of the molecule is COc1ccc(/C=C/C(=O)c2ccc(N(O)S(=O)Nc3ccccn3)cc2)c(OC)c1. The number of hydrogen-bond donors (Lipinski definition) is 2. The third-order valence-corrected chi connectivity index (χ3v) is 5.15. The highest BCUT2D eigenvalue weighted by Crippen LogP contribution is 2.26. The third kappa shape index (κ3) is 5.68. The number of ketones is 1. The number of methoxy groups -OCH3 is 2. The average molecular weight is 439 g/mol. The summed E-state index contributed by atoms with van der Waals surface area (Å²) in [5.74, 6) is 1.35. The Kier molecular flexibility index (Phi) is 7.36. The first-order valence-electron chi connectivity index (χ1n) is 9.15. The molecule has 160 valence electrons. The fourth-order valence-electron chi connectivity index (χ4n) is 2.62. The molecule has 0 saturated heterocycles. The number of carbonyl (C=O) groups excluding carboxylic acids is 1. The van der Waals surface area contributed by atoms with Crippen LogP contribution >= 0.6 is 0 Å². The minimum Gasteiger partial charge on any atom is -0.497 e. The zero-order valence-corrected chi connectivity index (χ0v) is 17.7. The van der Waals surface area contributed by atoms with E-state index >= 15 is 0 Å². The van der Waals surface area contributed by atoms with Crippen LogP contribution in [-0.2, 0) is 11.2 Å². The number of rotatable bonds is 9. The number of aromatic nitrogens is 1. The molecule has 0 fully saturated rings. The maximum absolute atomic E-state index is 12.5. The number of allylic oxidation sites excluding steroid dienone is 1. The largest absolute Gasteiger partial charge is 0.497 e. The Labute approximate surface area is 182 Å². The van der Waals surface area contributed by atoms with E-state index in [1.54, 1.807) is 56.7 Å². The van der Waals surface area contributed by atoms with Crippen LogP contribution < -0.4 is 18.7 Å². The van der Waals surface area contributed by atoms with Gasteiger partial charge >= 0.3 is 0 Å². The number of nitrogens with zero attached hydrogens (tertiary/aromatic N) is 2. The monoisotopic (exact) mass is 439 g/mol. The Balaban J connectivity index is 1.67. The highest BCUT2D eigenvalue weighted by atomic mass is 32.2. The van der Waals surface area contributed by atoms with Gasteiger partial charge in [0.25, 0.3) is 0 Å². The molecule has 31 heavy (non-hydrogen) atoms. The van der Waals surface area contributed by atoms with Crippen molar-refractivity contribution in [2.24, 2.45) is 0 Å². The molecule has 0 spiro atoms. The van der Waals surface area contributed by atoms with E-state index in [0.29, 0.717) is 27.3 Å². The molecule has 0 radical (unpaired) electrons. The molecule has 3 aromatic rings. The Morgan fingerprint density at radius 2 is 1.87 bits per heavy atom. The van der Waals surface area contributed by atoms with Crippen molar-refractivity contribution >= 4 is 34.5 Å². The molecule has 1 atom stereocenters. The summed E-state index contributed by atoms with van der Waals surface area (Å²) in [4.78, 5) is 16.5. The number of anilines is 2. The summed E-state index contributed by atoms with van der Waals surface area (Å²) in [6, 6.07) is 16.4. The summed E-state index contributed by atoms with van der Waals surface area (Å²) in [5, 5.41) is 10.2. The summed E-state index contributed by atoms with van der Waals surface area (Å²) in [7, 11) is 3.11. The van der Waals surface area contributed by atoms with Crippen LogP contribution in [0.15, 0.2) is 72.9 Å². The molecule has 1 unspecified atom stereocenters. The molecule has 3 rings (SSSR count). The van der Waals surface area contributed by atoms with Gasteiger partial charge in [0.1, 0.15) is 17.3 Å². The van der Waals surface area contributed by atoms with Crippen molar-refractivity contribution in [3.05, 3.63) is 84.1 Å². The molecule has 2 aromatic carbocycles. The van der Waals surface area contributed by atoms with E-state index in [2.05, 4.69) is 9.71 Å². The number of benzene rings is 2. The van der Waals surface area contributed by atoms with Gasteiger partial charge in [-0.25, -0.2) is 9.19 Å². The molecule has 0 saturated carbocycles. The zero-order valence-electron chi connectivity index (χ0n) is 16.9. The molecule has 0 aliphatic rings. The fraction of sp³-hybridized carbons (Fsp3) is 0.0909. The van der Waals surface area contributed by atoms with Gasteiger partial charge in [0, 0.05) is 23.4 Å². The third-order valence-electron chi connectivity index (χ3n) is 4.24. The lowest BCUT2D eigenvalue weighted by Crippen LogP contribution is -2.27. The Morgan fingerprint density at radius 3 is 2.52 bits per heavy atom. The molecule has 1 aromatic heterocycles. The Hall–Kier alpha value is -3.69. The molecule has 9 heteroatoms. The second-order valence-electron chi connectivity index (χ2n) is 6.19. The predicted octanol–water partition coefficient (Wildman–Crippen LogP) is 3.88. The van der Waals surface area contributed by atoms with Gasteiger partial charge in [-0.15, -0.1) is 0 Å². The van der Waals surface area contributed by atoms with Crippen LogP contribution in [0.3, 0.4) is 0 Å². The standard InChI is InChI=1S/C22H21N3O5S/c1-29-19-12-8-17(21(15-19)30-2)9-13-20(26)16-6-10-18(11-7-16)25(27)31(28)24-22-5-3-4-14-23-22/h3-15,27H,1-2H3,(H,23,24)/b13-9+. The number of nitrogens with one attached hydrogen (secondary N) is 1. The van der Waals surface area contributed by atoms with Crippen LogP contribution in [0.4, 0.5) is 11.5 Å². The van der Waals surface area contributed by atoms with Crippen molar-refractivity contribution in [2.75, 3.05) is 23.4 Å². The second kappa shape index (κ2) is 10.4. The first-order valence-corrected chi connectivity index (χ1v) is 10.3. The molecule has 2 N–H and O–H groups in total. The van der Waals surface area contributed by atoms with Gasteiger partial charge in [-0.3, -0.25) is 14.7 Å². The molecule has 8 nitrogen and oxygen atoms in total. The van der Waals surface area contributed by atoms with Crippen molar-refractivity contribution in [1.29, 1.82) is 0 Å². The van der Waals surface area contributed by atoms with Crippen LogP contribution in [0.1, 0.15) is 15.9 Å². The van der Waals surface area contributed by atoms with Crippen LogP contribution in [0.2, 0.25) is 0 Å². The van der Waals surface area contributed by atoms with Gasteiger partial charge in [0.2, 0.25) is 11.2 Å². The highest BCUT2D eigenvalue weighted by Gasteiger charge is 2.13. The normalized spacial score (nSPS) is 11.7. The van der Waals surface area contributed by atoms with Crippen molar-refractivity contribution in [3.63, 3.8) is 0 Å². The minimum atomic E-state index is -1.97. The van der Waals surface area contributed by atoms with E-state index in [9.17, 15) is 14.2 Å². The van der Waals surface area contributed by atoms with E-state index < -0.39 is 11.2 Å². The lowest BCUT2D eigenvalue weighted by Gasteiger charge is -2.16. The van der Waals surface area contributed by atoms with Crippen LogP contribution in [0.5, 0.6) is 11.5 Å². The van der Waals surface area contributed by atoms with Gasteiger partial charge in [-0.05, 0) is 60.7 Å². The van der Waals surface area contributed by atoms with Crippen LogP contribution in [0, 0.1) is 0 Å². The summed E-state index contributed by atoms with van der Waals surface area (Å²) in [5.41, 5.74) is 1.38. The maximum atomic E-state index is 12.5. The molecule has 0 aliphatic carbocycles. The fourth-order valence-corrected chi connectivity index (χ4v) is 3.32. The van der Waals surface area contributed by atoms with Gasteiger partial charge in [-0.1, -0.05) is 6.07 Å². The smallest absolute Gasteiger partial charge is 0.248 e.